The minimum atomic E-state index is 0.394. The van der Waals surface area contributed by atoms with Crippen molar-refractivity contribution in [3.8, 4) is 0 Å². The molecule has 0 aliphatic heterocycles. The SMILES string of the molecule is Cc1ccsc1C(C)S. The number of hydrogen-bond donors (Lipinski definition) is 1. The Morgan fingerprint density at radius 2 is 2.33 bits per heavy atom. The molecule has 0 saturated heterocycles. The summed E-state index contributed by atoms with van der Waals surface area (Å²) in [6.45, 7) is 4.22. The van der Waals surface area contributed by atoms with Gasteiger partial charge < -0.3 is 0 Å². The first-order chi connectivity index (χ1) is 4.22. The standard InChI is InChI=1S/C7H10S2/c1-5-3-4-9-7(5)6(2)8/h3-4,6,8H,1-2H3. The van der Waals surface area contributed by atoms with Crippen LogP contribution >= 0.6 is 24.0 Å². The minimum Gasteiger partial charge on any atom is -0.171 e. The van der Waals surface area contributed by atoms with E-state index in [4.69, 9.17) is 0 Å². The lowest BCUT2D eigenvalue weighted by Gasteiger charge is -1.99. The van der Waals surface area contributed by atoms with Crippen LogP contribution in [0.1, 0.15) is 22.6 Å². The summed E-state index contributed by atoms with van der Waals surface area (Å²) in [5.41, 5.74) is 1.36. The molecule has 0 bridgehead atoms. The fourth-order valence-electron chi connectivity index (χ4n) is 0.812. The third kappa shape index (κ3) is 1.49. The molecule has 2 heteroatoms. The molecule has 0 spiro atoms. The molecule has 0 fully saturated rings. The molecular formula is C7H10S2. The predicted octanol–water partition coefficient (Wildman–Crippen LogP) is 3.05. The van der Waals surface area contributed by atoms with E-state index in [1.807, 2.05) is 0 Å². The van der Waals surface area contributed by atoms with E-state index >= 15 is 0 Å². The number of hydrogen-bond acceptors (Lipinski definition) is 2. The van der Waals surface area contributed by atoms with E-state index in [2.05, 4.69) is 37.9 Å². The van der Waals surface area contributed by atoms with E-state index in [0.717, 1.165) is 0 Å². The Morgan fingerprint density at radius 3 is 2.56 bits per heavy atom. The lowest BCUT2D eigenvalue weighted by Crippen LogP contribution is -1.79. The molecular weight excluding hydrogens is 148 g/mol. The summed E-state index contributed by atoms with van der Waals surface area (Å²) in [6, 6.07) is 2.13. The summed E-state index contributed by atoms with van der Waals surface area (Å²) in [4.78, 5) is 1.39. The molecule has 0 amide bonds. The van der Waals surface area contributed by atoms with Crippen molar-refractivity contribution in [2.75, 3.05) is 0 Å². The van der Waals surface area contributed by atoms with Crippen LogP contribution in [0, 0.1) is 6.92 Å². The predicted molar refractivity (Wildman–Crippen MR) is 46.5 cm³/mol. The fraction of sp³-hybridized carbons (Fsp3) is 0.429. The van der Waals surface area contributed by atoms with Crippen molar-refractivity contribution < 1.29 is 0 Å². The molecule has 0 radical (unpaired) electrons. The summed E-state index contributed by atoms with van der Waals surface area (Å²) < 4.78 is 0. The zero-order valence-corrected chi connectivity index (χ0v) is 7.30. The largest absolute Gasteiger partial charge is 0.171 e. The summed E-state index contributed by atoms with van der Waals surface area (Å²) in [5.74, 6) is 0. The van der Waals surface area contributed by atoms with Gasteiger partial charge in [-0.05, 0) is 30.9 Å². The molecule has 1 unspecified atom stereocenters. The van der Waals surface area contributed by atoms with Gasteiger partial charge in [-0.1, -0.05) is 0 Å². The second-order valence-corrected chi connectivity index (χ2v) is 3.87. The molecule has 50 valence electrons. The van der Waals surface area contributed by atoms with Crippen LogP contribution in [0.25, 0.3) is 0 Å². The van der Waals surface area contributed by atoms with Crippen molar-refractivity contribution in [3.05, 3.63) is 21.9 Å². The summed E-state index contributed by atoms with van der Waals surface area (Å²) in [6.07, 6.45) is 0. The first-order valence-corrected chi connectivity index (χ1v) is 4.33. The van der Waals surface area contributed by atoms with E-state index in [9.17, 15) is 0 Å². The Bertz CT molecular complexity index is 189. The average molecular weight is 158 g/mol. The molecule has 0 N–H and O–H groups in total. The van der Waals surface area contributed by atoms with Gasteiger partial charge in [0, 0.05) is 10.1 Å². The van der Waals surface area contributed by atoms with Gasteiger partial charge in [-0.25, -0.2) is 0 Å². The van der Waals surface area contributed by atoms with Crippen molar-refractivity contribution in [3.63, 3.8) is 0 Å². The van der Waals surface area contributed by atoms with E-state index in [-0.39, 0.29) is 0 Å². The van der Waals surface area contributed by atoms with Crippen LogP contribution in [0.2, 0.25) is 0 Å². The van der Waals surface area contributed by atoms with Gasteiger partial charge in [-0.15, -0.1) is 11.3 Å². The maximum Gasteiger partial charge on any atom is 0.0335 e. The fourth-order valence-corrected chi connectivity index (χ4v) is 2.07. The molecule has 1 aromatic rings. The molecule has 0 aliphatic carbocycles. The smallest absolute Gasteiger partial charge is 0.0335 e. The Morgan fingerprint density at radius 1 is 1.67 bits per heavy atom. The molecule has 9 heavy (non-hydrogen) atoms. The number of aryl methyl sites for hydroxylation is 1. The highest BCUT2D eigenvalue weighted by atomic mass is 32.1. The van der Waals surface area contributed by atoms with Crippen LogP contribution in [-0.4, -0.2) is 0 Å². The third-order valence-electron chi connectivity index (χ3n) is 1.28. The van der Waals surface area contributed by atoms with Crippen LogP contribution in [0.5, 0.6) is 0 Å². The minimum absolute atomic E-state index is 0.394. The van der Waals surface area contributed by atoms with Crippen molar-refractivity contribution in [2.24, 2.45) is 0 Å². The first kappa shape index (κ1) is 7.16. The van der Waals surface area contributed by atoms with E-state index in [0.29, 0.717) is 5.25 Å². The maximum atomic E-state index is 4.33. The number of thiol groups is 1. The molecule has 1 heterocycles. The van der Waals surface area contributed by atoms with Gasteiger partial charge in [0.05, 0.1) is 0 Å². The Kier molecular flexibility index (Phi) is 2.19. The molecule has 1 atom stereocenters. The van der Waals surface area contributed by atoms with Gasteiger partial charge >= 0.3 is 0 Å². The number of thiophene rings is 1. The second-order valence-electron chi connectivity index (χ2n) is 2.14. The molecule has 0 aromatic carbocycles. The van der Waals surface area contributed by atoms with Crippen molar-refractivity contribution in [2.45, 2.75) is 19.1 Å². The molecule has 0 nitrogen and oxygen atoms in total. The zero-order chi connectivity index (χ0) is 6.85. The second kappa shape index (κ2) is 2.76. The zero-order valence-electron chi connectivity index (χ0n) is 5.59. The summed E-state index contributed by atoms with van der Waals surface area (Å²) in [5, 5.41) is 2.50. The lowest BCUT2D eigenvalue weighted by molar-refractivity contribution is 1.13. The maximum absolute atomic E-state index is 4.33. The van der Waals surface area contributed by atoms with Crippen LogP contribution in [-0.2, 0) is 0 Å². The Labute approximate surface area is 65.3 Å². The molecule has 0 saturated carbocycles. The van der Waals surface area contributed by atoms with Gasteiger partial charge in [-0.2, -0.15) is 12.6 Å². The normalized spacial score (nSPS) is 13.7. The number of rotatable bonds is 1. The third-order valence-corrected chi connectivity index (χ3v) is 2.92. The first-order valence-electron chi connectivity index (χ1n) is 2.94. The van der Waals surface area contributed by atoms with Crippen LogP contribution in [0.3, 0.4) is 0 Å². The summed E-state index contributed by atoms with van der Waals surface area (Å²) in [7, 11) is 0. The van der Waals surface area contributed by atoms with Crippen LogP contribution < -0.4 is 0 Å². The van der Waals surface area contributed by atoms with Crippen LogP contribution in [0.15, 0.2) is 11.4 Å². The highest BCUT2D eigenvalue weighted by Gasteiger charge is 2.02. The molecule has 0 aliphatic rings. The van der Waals surface area contributed by atoms with E-state index < -0.39 is 0 Å². The Balaban J connectivity index is 2.94. The Hall–Kier alpha value is 0.0500. The van der Waals surface area contributed by atoms with E-state index in [1.165, 1.54) is 10.4 Å². The average Bonchev–Trinajstić information content (AvgIpc) is 2.13. The topological polar surface area (TPSA) is 0 Å². The molecule has 1 aromatic heterocycles. The van der Waals surface area contributed by atoms with Crippen molar-refractivity contribution in [1.29, 1.82) is 0 Å². The quantitative estimate of drug-likeness (QED) is 0.597. The van der Waals surface area contributed by atoms with Gasteiger partial charge in [0.1, 0.15) is 0 Å². The van der Waals surface area contributed by atoms with Gasteiger partial charge in [-0.3, -0.25) is 0 Å². The summed E-state index contributed by atoms with van der Waals surface area (Å²) >= 11 is 6.12. The van der Waals surface area contributed by atoms with Crippen LogP contribution in [0.4, 0.5) is 0 Å². The molecule has 1 rings (SSSR count). The van der Waals surface area contributed by atoms with Crippen molar-refractivity contribution in [1.82, 2.24) is 0 Å². The van der Waals surface area contributed by atoms with E-state index in [1.54, 1.807) is 11.3 Å². The highest BCUT2D eigenvalue weighted by Crippen LogP contribution is 2.27. The monoisotopic (exact) mass is 158 g/mol. The van der Waals surface area contributed by atoms with Crippen molar-refractivity contribution >= 4 is 24.0 Å². The van der Waals surface area contributed by atoms with Gasteiger partial charge in [0.2, 0.25) is 0 Å². The lowest BCUT2D eigenvalue weighted by atomic mass is 10.2. The van der Waals surface area contributed by atoms with Gasteiger partial charge in [0.15, 0.2) is 0 Å². The highest BCUT2D eigenvalue weighted by molar-refractivity contribution is 7.80. The van der Waals surface area contributed by atoms with Gasteiger partial charge in [0.25, 0.3) is 0 Å².